The van der Waals surface area contributed by atoms with Gasteiger partial charge < -0.3 is 20.6 Å². The van der Waals surface area contributed by atoms with Gasteiger partial charge in [-0.1, -0.05) is 42.3 Å². The number of anilines is 2. The molecule has 0 bridgehead atoms. The second-order valence-corrected chi connectivity index (χ2v) is 7.21. The Hall–Kier alpha value is -2.42. The average molecular weight is 454 g/mol. The number of hydrogen-bond acceptors (Lipinski definition) is 5. The van der Waals surface area contributed by atoms with Crippen LogP contribution in [0.3, 0.4) is 0 Å². The van der Waals surface area contributed by atoms with E-state index in [1.165, 1.54) is 4.90 Å². The second-order valence-electron chi connectivity index (χ2n) is 6.22. The molecule has 4 N–H and O–H groups in total. The van der Waals surface area contributed by atoms with Crippen molar-refractivity contribution in [3.63, 3.8) is 0 Å². The summed E-state index contributed by atoms with van der Waals surface area (Å²) < 4.78 is 3.75. The maximum absolute atomic E-state index is 12.5. The van der Waals surface area contributed by atoms with Gasteiger partial charge in [-0.25, -0.2) is 0 Å². The number of thiol groups is 1. The molecule has 0 fully saturated rings. The molecule has 29 heavy (non-hydrogen) atoms. The van der Waals surface area contributed by atoms with Crippen molar-refractivity contribution < 1.29 is 9.90 Å². The number of amidine groups is 2. The molecule has 2 rings (SSSR count). The highest BCUT2D eigenvalue weighted by atomic mass is 35.5. The molecule has 1 amide bonds. The first-order valence-electron chi connectivity index (χ1n) is 8.56. The first-order chi connectivity index (χ1) is 13.7. The number of aromatic hydroxyl groups is 1. The third kappa shape index (κ3) is 5.14. The number of phenols is 1. The lowest BCUT2D eigenvalue weighted by atomic mass is 10.0. The van der Waals surface area contributed by atoms with Crippen molar-refractivity contribution in [3.8, 4) is 5.75 Å². The highest BCUT2D eigenvalue weighted by molar-refractivity contribution is 7.79. The topological polar surface area (TPSA) is 101 Å². The van der Waals surface area contributed by atoms with Crippen LogP contribution < -0.4 is 10.6 Å². The molecular formula is C19H21Cl2N5O2S. The van der Waals surface area contributed by atoms with Crippen LogP contribution >= 0.6 is 36.0 Å². The molecule has 0 atom stereocenters. The zero-order valence-corrected chi connectivity index (χ0v) is 18.5. The van der Waals surface area contributed by atoms with Crippen LogP contribution in [-0.4, -0.2) is 41.7 Å². The van der Waals surface area contributed by atoms with Crippen molar-refractivity contribution in [2.75, 3.05) is 24.7 Å². The van der Waals surface area contributed by atoms with Crippen LogP contribution in [0.25, 0.3) is 0 Å². The van der Waals surface area contributed by atoms with Gasteiger partial charge in [-0.15, -0.1) is 0 Å². The number of nitrogens with one attached hydrogen (secondary N) is 3. The summed E-state index contributed by atoms with van der Waals surface area (Å²) in [6.45, 7) is 1.89. The molecule has 0 spiro atoms. The Labute approximate surface area is 184 Å². The highest BCUT2D eigenvalue weighted by Gasteiger charge is 2.21. The van der Waals surface area contributed by atoms with Crippen LogP contribution in [0, 0.1) is 5.41 Å². The summed E-state index contributed by atoms with van der Waals surface area (Å²) in [7, 11) is 3.21. The third-order valence-corrected chi connectivity index (χ3v) is 5.09. The summed E-state index contributed by atoms with van der Waals surface area (Å²) in [4.78, 5) is 13.9. The third-order valence-electron chi connectivity index (χ3n) is 4.07. The zero-order chi connectivity index (χ0) is 21.7. The Kier molecular flexibility index (Phi) is 7.78. The molecule has 0 aliphatic heterocycles. The fourth-order valence-corrected chi connectivity index (χ4v) is 3.05. The van der Waals surface area contributed by atoms with E-state index in [4.69, 9.17) is 28.6 Å². The number of aryl methyl sites for hydroxylation is 1. The average Bonchev–Trinajstić information content (AvgIpc) is 2.69. The van der Waals surface area contributed by atoms with Crippen molar-refractivity contribution in [3.05, 3.63) is 51.5 Å². The molecule has 0 aliphatic carbocycles. The van der Waals surface area contributed by atoms with Crippen molar-refractivity contribution in [2.45, 2.75) is 13.3 Å². The van der Waals surface area contributed by atoms with Gasteiger partial charge in [0.05, 0.1) is 27.0 Å². The SMILES string of the molecule is CCc1ccc(NC(=N)/C(=N\S)Nc2cccc(Cl)c2Cl)c(O)c1C(=O)N(C)C. The van der Waals surface area contributed by atoms with E-state index in [1.54, 1.807) is 44.4 Å². The standard InChI is InChI=1S/C19H21Cl2N5O2S/c1-4-10-8-9-13(16(27)14(10)19(28)26(2)3)23-17(22)18(25-29)24-12-7-5-6-11(20)15(12)21/h5-9,27,29H,4H2,1-3H3,(H2,22,23)(H,24,25). The molecule has 7 nitrogen and oxygen atoms in total. The Morgan fingerprint density at radius 3 is 2.48 bits per heavy atom. The molecule has 0 saturated heterocycles. The van der Waals surface area contributed by atoms with E-state index in [0.29, 0.717) is 22.7 Å². The van der Waals surface area contributed by atoms with Crippen molar-refractivity contribution in [2.24, 2.45) is 4.40 Å². The van der Waals surface area contributed by atoms with E-state index in [-0.39, 0.29) is 39.6 Å². The molecule has 10 heteroatoms. The minimum Gasteiger partial charge on any atom is -0.505 e. The molecule has 154 valence electrons. The smallest absolute Gasteiger partial charge is 0.257 e. The van der Waals surface area contributed by atoms with Crippen LogP contribution in [0.5, 0.6) is 5.75 Å². The van der Waals surface area contributed by atoms with Crippen LogP contribution in [-0.2, 0) is 6.42 Å². The van der Waals surface area contributed by atoms with Crippen molar-refractivity contribution >= 4 is 65.0 Å². The lowest BCUT2D eigenvalue weighted by Gasteiger charge is -2.19. The number of halogens is 2. The Morgan fingerprint density at radius 1 is 1.21 bits per heavy atom. The van der Waals surface area contributed by atoms with Gasteiger partial charge in [0.25, 0.3) is 5.91 Å². The largest absolute Gasteiger partial charge is 0.505 e. The van der Waals surface area contributed by atoms with Gasteiger partial charge in [0.2, 0.25) is 0 Å². The predicted octanol–water partition coefficient (Wildman–Crippen LogP) is 4.71. The minimum absolute atomic E-state index is 0.0388. The molecular weight excluding hydrogens is 433 g/mol. The van der Waals surface area contributed by atoms with E-state index in [0.717, 1.165) is 0 Å². The monoisotopic (exact) mass is 453 g/mol. The predicted molar refractivity (Wildman–Crippen MR) is 123 cm³/mol. The number of phenolic OH excluding ortho intramolecular Hbond substituents is 1. The van der Waals surface area contributed by atoms with Gasteiger partial charge >= 0.3 is 0 Å². The van der Waals surface area contributed by atoms with Crippen LogP contribution in [0.4, 0.5) is 11.4 Å². The summed E-state index contributed by atoms with van der Waals surface area (Å²) in [5.41, 5.74) is 1.51. The van der Waals surface area contributed by atoms with Gasteiger partial charge in [-0.05, 0) is 43.0 Å². The summed E-state index contributed by atoms with van der Waals surface area (Å²) in [6.07, 6.45) is 0.568. The fraction of sp³-hybridized carbons (Fsp3) is 0.211. The molecule has 0 saturated carbocycles. The Bertz CT molecular complexity index is 979. The van der Waals surface area contributed by atoms with E-state index < -0.39 is 0 Å². The molecule has 0 heterocycles. The highest BCUT2D eigenvalue weighted by Crippen LogP contribution is 2.32. The summed E-state index contributed by atoms with van der Waals surface area (Å²) in [6, 6.07) is 8.31. The van der Waals surface area contributed by atoms with Crippen molar-refractivity contribution in [1.29, 1.82) is 5.41 Å². The maximum atomic E-state index is 12.5. The second kappa shape index (κ2) is 9.87. The number of rotatable bonds is 4. The van der Waals surface area contributed by atoms with Gasteiger partial charge in [0.1, 0.15) is 0 Å². The molecule has 0 aromatic heterocycles. The fourth-order valence-electron chi connectivity index (χ4n) is 2.55. The van der Waals surface area contributed by atoms with Crippen molar-refractivity contribution in [1.82, 2.24) is 4.90 Å². The number of benzene rings is 2. The van der Waals surface area contributed by atoms with Gasteiger partial charge in [0, 0.05) is 14.1 Å². The minimum atomic E-state index is -0.332. The van der Waals surface area contributed by atoms with Crippen LogP contribution in [0.2, 0.25) is 10.0 Å². The maximum Gasteiger partial charge on any atom is 0.257 e. The number of carbonyl (C=O) groups excluding carboxylic acids is 1. The number of hydrogen-bond donors (Lipinski definition) is 5. The lowest BCUT2D eigenvalue weighted by molar-refractivity contribution is 0.0823. The van der Waals surface area contributed by atoms with E-state index in [9.17, 15) is 9.90 Å². The molecule has 0 aliphatic rings. The number of amides is 1. The molecule has 0 unspecified atom stereocenters. The zero-order valence-electron chi connectivity index (χ0n) is 16.0. The summed E-state index contributed by atoms with van der Waals surface area (Å²) >= 11 is 16.1. The van der Waals surface area contributed by atoms with E-state index >= 15 is 0 Å². The summed E-state index contributed by atoms with van der Waals surface area (Å²) in [5, 5.41) is 25.2. The first kappa shape index (κ1) is 22.9. The molecule has 2 aromatic carbocycles. The van der Waals surface area contributed by atoms with Gasteiger partial charge in [-0.3, -0.25) is 10.2 Å². The Morgan fingerprint density at radius 2 is 1.90 bits per heavy atom. The van der Waals surface area contributed by atoms with Crippen LogP contribution in [0.1, 0.15) is 22.8 Å². The Balaban J connectivity index is 2.32. The molecule has 2 aromatic rings. The number of nitrogens with zero attached hydrogens (tertiary/aromatic N) is 2. The lowest BCUT2D eigenvalue weighted by Crippen LogP contribution is -2.29. The van der Waals surface area contributed by atoms with Gasteiger partial charge in [-0.2, -0.15) is 4.40 Å². The number of carbonyl (C=O) groups is 1. The van der Waals surface area contributed by atoms with E-state index in [2.05, 4.69) is 27.8 Å². The summed E-state index contributed by atoms with van der Waals surface area (Å²) in [5.74, 6) is -0.732. The first-order valence-corrected chi connectivity index (χ1v) is 9.72. The molecule has 0 radical (unpaired) electrons. The van der Waals surface area contributed by atoms with Crippen LogP contribution in [0.15, 0.2) is 34.7 Å². The van der Waals surface area contributed by atoms with E-state index in [1.807, 2.05) is 6.92 Å². The quantitative estimate of drug-likeness (QED) is 0.200. The van der Waals surface area contributed by atoms with Gasteiger partial charge in [0.15, 0.2) is 17.4 Å². The normalized spacial score (nSPS) is 11.2.